The zero-order valence-electron chi connectivity index (χ0n) is 22.1. The highest BCUT2D eigenvalue weighted by molar-refractivity contribution is 6.09. The quantitative estimate of drug-likeness (QED) is 0.237. The molecule has 7 rings (SSSR count). The second-order valence-electron chi connectivity index (χ2n) is 11.0. The van der Waals surface area contributed by atoms with Gasteiger partial charge in [-0.05, 0) is 40.8 Å². The molecule has 2 heterocycles. The maximum absolute atomic E-state index is 14.8. The molecule has 3 nitrogen and oxygen atoms in total. The monoisotopic (exact) mass is 510 g/mol. The summed E-state index contributed by atoms with van der Waals surface area (Å²) in [6.07, 6.45) is 0. The number of furan rings is 1. The van der Waals surface area contributed by atoms with E-state index in [9.17, 15) is 4.39 Å². The molecule has 0 amide bonds. The van der Waals surface area contributed by atoms with Crippen LogP contribution >= 0.6 is 0 Å². The Kier molecular flexibility index (Phi) is 5.21. The zero-order valence-corrected chi connectivity index (χ0v) is 22.1. The van der Waals surface area contributed by atoms with Crippen molar-refractivity contribution in [1.82, 2.24) is 9.55 Å². The SMILES string of the molecule is CC(C)(C)c1cccc(-c2ccccc2)c1-n1c(-c2cccc3c2oc2ccccc23)nc2ccc(F)cc21. The first-order valence-electron chi connectivity index (χ1n) is 13.2. The fourth-order valence-corrected chi connectivity index (χ4v) is 5.62. The van der Waals surface area contributed by atoms with Crippen LogP contribution in [0, 0.1) is 5.82 Å². The Hall–Kier alpha value is -4.70. The Balaban J connectivity index is 1.65. The van der Waals surface area contributed by atoms with E-state index in [1.165, 1.54) is 6.07 Å². The fourth-order valence-electron chi connectivity index (χ4n) is 5.62. The summed E-state index contributed by atoms with van der Waals surface area (Å²) in [5.74, 6) is 0.417. The lowest BCUT2D eigenvalue weighted by Gasteiger charge is -2.27. The number of benzene rings is 5. The molecular formula is C35H27FN2O. The summed E-state index contributed by atoms with van der Waals surface area (Å²) in [4.78, 5) is 5.11. The predicted molar refractivity (Wildman–Crippen MR) is 158 cm³/mol. The molecular weight excluding hydrogens is 483 g/mol. The second kappa shape index (κ2) is 8.67. The lowest BCUT2D eigenvalue weighted by Crippen LogP contribution is -2.16. The van der Waals surface area contributed by atoms with Gasteiger partial charge in [0.15, 0.2) is 0 Å². The van der Waals surface area contributed by atoms with Crippen molar-refractivity contribution < 1.29 is 8.81 Å². The van der Waals surface area contributed by atoms with Gasteiger partial charge in [0.05, 0.1) is 22.3 Å². The van der Waals surface area contributed by atoms with Crippen LogP contribution in [0.5, 0.6) is 0 Å². The van der Waals surface area contributed by atoms with Crippen LogP contribution in [0.15, 0.2) is 114 Å². The van der Waals surface area contributed by atoms with Gasteiger partial charge < -0.3 is 4.42 Å². The highest BCUT2D eigenvalue weighted by atomic mass is 19.1. The Morgan fingerprint density at radius 2 is 1.44 bits per heavy atom. The van der Waals surface area contributed by atoms with Gasteiger partial charge in [-0.1, -0.05) is 99.6 Å². The highest BCUT2D eigenvalue weighted by Crippen LogP contribution is 2.42. The maximum Gasteiger partial charge on any atom is 0.149 e. The minimum absolute atomic E-state index is 0.188. The first-order chi connectivity index (χ1) is 18.9. The van der Waals surface area contributed by atoms with E-state index in [2.05, 4.69) is 67.8 Å². The Morgan fingerprint density at radius 1 is 0.718 bits per heavy atom. The van der Waals surface area contributed by atoms with E-state index in [-0.39, 0.29) is 11.2 Å². The number of hydrogen-bond donors (Lipinski definition) is 0. The molecule has 2 aromatic heterocycles. The normalized spacial score (nSPS) is 12.1. The number of halogens is 1. The molecule has 0 aliphatic rings. The van der Waals surface area contributed by atoms with Gasteiger partial charge in [0.1, 0.15) is 22.8 Å². The van der Waals surface area contributed by atoms with Crippen LogP contribution in [0.4, 0.5) is 4.39 Å². The average molecular weight is 511 g/mol. The summed E-state index contributed by atoms with van der Waals surface area (Å²) in [7, 11) is 0. The van der Waals surface area contributed by atoms with Crippen LogP contribution < -0.4 is 0 Å². The lowest BCUT2D eigenvalue weighted by molar-refractivity contribution is 0.587. The van der Waals surface area contributed by atoms with E-state index in [0.717, 1.165) is 55.4 Å². The van der Waals surface area contributed by atoms with Gasteiger partial charge in [-0.2, -0.15) is 0 Å². The van der Waals surface area contributed by atoms with Crippen LogP contribution in [0.1, 0.15) is 26.3 Å². The van der Waals surface area contributed by atoms with Crippen molar-refractivity contribution in [3.8, 4) is 28.2 Å². The summed E-state index contributed by atoms with van der Waals surface area (Å²) in [6, 6.07) is 35.8. The van der Waals surface area contributed by atoms with Gasteiger partial charge in [0.25, 0.3) is 0 Å². The molecule has 7 aromatic rings. The fraction of sp³-hybridized carbons (Fsp3) is 0.114. The molecule has 0 N–H and O–H groups in total. The molecule has 0 aliphatic heterocycles. The third-order valence-corrected chi connectivity index (χ3v) is 7.41. The number of nitrogens with zero attached hydrogens (tertiary/aromatic N) is 2. The van der Waals surface area contributed by atoms with E-state index < -0.39 is 0 Å². The molecule has 0 radical (unpaired) electrons. The van der Waals surface area contributed by atoms with Gasteiger partial charge >= 0.3 is 0 Å². The van der Waals surface area contributed by atoms with Gasteiger partial charge in [0.2, 0.25) is 0 Å². The molecule has 0 bridgehead atoms. The topological polar surface area (TPSA) is 31.0 Å². The molecule has 0 saturated heterocycles. The minimum atomic E-state index is -0.299. The van der Waals surface area contributed by atoms with E-state index in [1.807, 2.05) is 48.5 Å². The lowest BCUT2D eigenvalue weighted by atomic mass is 9.83. The molecule has 0 saturated carbocycles. The number of rotatable bonds is 3. The summed E-state index contributed by atoms with van der Waals surface area (Å²) in [6.45, 7) is 6.62. The molecule has 0 spiro atoms. The van der Waals surface area contributed by atoms with E-state index >= 15 is 0 Å². The van der Waals surface area contributed by atoms with Crippen molar-refractivity contribution in [2.45, 2.75) is 26.2 Å². The van der Waals surface area contributed by atoms with Crippen molar-refractivity contribution in [2.24, 2.45) is 0 Å². The van der Waals surface area contributed by atoms with Gasteiger partial charge in [-0.25, -0.2) is 9.37 Å². The molecule has 0 fully saturated rings. The van der Waals surface area contributed by atoms with Crippen molar-refractivity contribution >= 4 is 33.0 Å². The number of aromatic nitrogens is 2. The number of hydrogen-bond acceptors (Lipinski definition) is 2. The van der Waals surface area contributed by atoms with Crippen molar-refractivity contribution in [2.75, 3.05) is 0 Å². The molecule has 39 heavy (non-hydrogen) atoms. The largest absolute Gasteiger partial charge is 0.455 e. The third-order valence-electron chi connectivity index (χ3n) is 7.41. The minimum Gasteiger partial charge on any atom is -0.455 e. The zero-order chi connectivity index (χ0) is 26.7. The summed E-state index contributed by atoms with van der Waals surface area (Å²) in [5, 5.41) is 2.09. The van der Waals surface area contributed by atoms with Crippen LogP contribution in [0.3, 0.4) is 0 Å². The van der Waals surface area contributed by atoms with Crippen LogP contribution in [0.2, 0.25) is 0 Å². The molecule has 5 aromatic carbocycles. The Morgan fingerprint density at radius 3 is 2.26 bits per heavy atom. The van der Waals surface area contributed by atoms with Crippen LogP contribution in [-0.2, 0) is 5.41 Å². The van der Waals surface area contributed by atoms with E-state index in [4.69, 9.17) is 9.40 Å². The van der Waals surface area contributed by atoms with Crippen molar-refractivity contribution in [1.29, 1.82) is 0 Å². The predicted octanol–water partition coefficient (Wildman–Crippen LogP) is 9.70. The van der Waals surface area contributed by atoms with E-state index in [0.29, 0.717) is 11.3 Å². The molecule has 0 unspecified atom stereocenters. The molecule has 190 valence electrons. The summed E-state index contributed by atoms with van der Waals surface area (Å²) < 4.78 is 23.4. The smallest absolute Gasteiger partial charge is 0.149 e. The number of para-hydroxylation sites is 3. The van der Waals surface area contributed by atoms with Crippen LogP contribution in [-0.4, -0.2) is 9.55 Å². The summed E-state index contributed by atoms with van der Waals surface area (Å²) in [5.41, 5.74) is 8.00. The first kappa shape index (κ1) is 23.4. The van der Waals surface area contributed by atoms with E-state index in [1.54, 1.807) is 12.1 Å². The highest BCUT2D eigenvalue weighted by Gasteiger charge is 2.27. The van der Waals surface area contributed by atoms with Crippen molar-refractivity contribution in [3.05, 3.63) is 121 Å². The average Bonchev–Trinajstić information content (AvgIpc) is 3.51. The van der Waals surface area contributed by atoms with Gasteiger partial charge in [0, 0.05) is 22.4 Å². The van der Waals surface area contributed by atoms with Gasteiger partial charge in [-0.15, -0.1) is 0 Å². The molecule has 4 heteroatoms. The van der Waals surface area contributed by atoms with Gasteiger partial charge in [-0.3, -0.25) is 4.57 Å². The number of fused-ring (bicyclic) bond motifs is 4. The maximum atomic E-state index is 14.8. The Labute approximate surface area is 226 Å². The molecule has 0 atom stereocenters. The van der Waals surface area contributed by atoms with Crippen LogP contribution in [0.25, 0.3) is 61.2 Å². The first-order valence-corrected chi connectivity index (χ1v) is 13.2. The van der Waals surface area contributed by atoms with Crippen molar-refractivity contribution in [3.63, 3.8) is 0 Å². The summed E-state index contributed by atoms with van der Waals surface area (Å²) >= 11 is 0. The molecule has 0 aliphatic carbocycles. The third kappa shape index (κ3) is 3.75. The standard InChI is InChI=1S/C35H27FN2O/c1-35(2,3)28-17-10-14-24(22-11-5-4-6-12-22)32(28)38-30-21-23(36)19-20-29(30)37-34(38)27-16-9-15-26-25-13-7-8-18-31(25)39-33(26)27/h4-21H,1-3H3. The Bertz CT molecular complexity index is 2010. The second-order valence-corrected chi connectivity index (χ2v) is 11.0. The number of imidazole rings is 1.